The Kier molecular flexibility index (Phi) is 5.55. The number of aliphatic hydroxyl groups is 1. The molecule has 30 heavy (non-hydrogen) atoms. The summed E-state index contributed by atoms with van der Waals surface area (Å²) in [6.07, 6.45) is 3.12. The third-order valence-corrected chi connectivity index (χ3v) is 5.84. The van der Waals surface area contributed by atoms with Crippen LogP contribution in [0.1, 0.15) is 19.8 Å². The molecular weight excluding hydrogens is 380 g/mol. The Labute approximate surface area is 175 Å². The third-order valence-electron chi connectivity index (χ3n) is 5.84. The molecule has 1 saturated heterocycles. The van der Waals surface area contributed by atoms with Crippen LogP contribution in [0, 0.1) is 5.41 Å². The van der Waals surface area contributed by atoms with Gasteiger partial charge in [-0.1, -0.05) is 37.3 Å². The molecule has 0 bridgehead atoms. The molecule has 0 aliphatic carbocycles. The van der Waals surface area contributed by atoms with Crippen LogP contribution >= 0.6 is 0 Å². The maximum Gasteiger partial charge on any atom is 0.323 e. The van der Waals surface area contributed by atoms with E-state index in [0.717, 1.165) is 29.5 Å². The molecule has 7 nitrogen and oxygen atoms in total. The van der Waals surface area contributed by atoms with Crippen molar-refractivity contribution in [3.05, 3.63) is 48.7 Å². The van der Waals surface area contributed by atoms with E-state index in [-0.39, 0.29) is 18.1 Å². The van der Waals surface area contributed by atoms with Crippen molar-refractivity contribution in [2.24, 2.45) is 5.41 Å². The average molecular weight is 406 g/mol. The second-order valence-corrected chi connectivity index (χ2v) is 8.02. The summed E-state index contributed by atoms with van der Waals surface area (Å²) < 4.78 is 5.48. The lowest BCUT2D eigenvalue weighted by molar-refractivity contribution is 0.0727. The van der Waals surface area contributed by atoms with Crippen molar-refractivity contribution in [2.45, 2.75) is 19.8 Å². The van der Waals surface area contributed by atoms with Crippen LogP contribution in [-0.4, -0.2) is 52.8 Å². The molecule has 1 aliphatic rings. The van der Waals surface area contributed by atoms with Crippen LogP contribution in [0.25, 0.3) is 22.2 Å². The summed E-state index contributed by atoms with van der Waals surface area (Å²) in [5.41, 5.74) is 3.20. The van der Waals surface area contributed by atoms with Gasteiger partial charge in [0.1, 0.15) is 16.8 Å². The van der Waals surface area contributed by atoms with Gasteiger partial charge in [0.2, 0.25) is 0 Å². The molecule has 2 amide bonds. The highest BCUT2D eigenvalue weighted by Gasteiger charge is 2.31. The van der Waals surface area contributed by atoms with Gasteiger partial charge in [-0.15, -0.1) is 0 Å². The molecule has 0 spiro atoms. The van der Waals surface area contributed by atoms with Gasteiger partial charge in [0.15, 0.2) is 5.82 Å². The maximum atomic E-state index is 12.7. The van der Waals surface area contributed by atoms with Gasteiger partial charge in [0.05, 0.1) is 13.3 Å². The summed E-state index contributed by atoms with van der Waals surface area (Å²) in [6.45, 7) is 3.40. The van der Waals surface area contributed by atoms with Crippen LogP contribution in [-0.2, 0) is 0 Å². The second kappa shape index (κ2) is 8.28. The van der Waals surface area contributed by atoms with Crippen LogP contribution in [0.2, 0.25) is 0 Å². The first kappa shape index (κ1) is 20.1. The molecule has 7 heteroatoms. The smallest absolute Gasteiger partial charge is 0.323 e. The number of benzene rings is 2. The number of aromatic nitrogens is 2. The predicted octanol–water partition coefficient (Wildman–Crippen LogP) is 3.93. The zero-order valence-corrected chi connectivity index (χ0v) is 17.3. The number of hydrogen-bond acceptors (Lipinski definition) is 5. The highest BCUT2D eigenvalue weighted by molar-refractivity contribution is 5.96. The summed E-state index contributed by atoms with van der Waals surface area (Å²) in [5.74, 6) is 0.983. The first-order valence-corrected chi connectivity index (χ1v) is 10.1. The number of anilines is 1. The van der Waals surface area contributed by atoms with Crippen molar-refractivity contribution < 1.29 is 14.6 Å². The molecule has 1 fully saturated rings. The van der Waals surface area contributed by atoms with Gasteiger partial charge in [0, 0.05) is 25.3 Å². The van der Waals surface area contributed by atoms with Crippen molar-refractivity contribution in [2.75, 3.05) is 32.1 Å². The van der Waals surface area contributed by atoms with Crippen molar-refractivity contribution in [1.29, 1.82) is 0 Å². The number of carbonyl (C=O) groups is 1. The molecule has 2 aromatic carbocycles. The first-order chi connectivity index (χ1) is 14.5. The van der Waals surface area contributed by atoms with E-state index >= 15 is 0 Å². The Morgan fingerprint density at radius 1 is 1.17 bits per heavy atom. The highest BCUT2D eigenvalue weighted by atomic mass is 16.5. The normalized spacial score (nSPS) is 15.8. The van der Waals surface area contributed by atoms with Gasteiger partial charge in [-0.05, 0) is 36.0 Å². The molecular formula is C23H26N4O3. The van der Waals surface area contributed by atoms with Gasteiger partial charge in [-0.3, -0.25) is 5.32 Å². The van der Waals surface area contributed by atoms with Gasteiger partial charge in [0.25, 0.3) is 0 Å². The minimum absolute atomic E-state index is 0.110. The molecule has 0 saturated carbocycles. The summed E-state index contributed by atoms with van der Waals surface area (Å²) >= 11 is 0. The number of ether oxygens (including phenoxy) is 1. The number of likely N-dealkylation sites (tertiary alicyclic amines) is 1. The zero-order valence-electron chi connectivity index (χ0n) is 17.3. The number of amides is 2. The number of fused-ring (bicyclic) bond motifs is 1. The van der Waals surface area contributed by atoms with Crippen molar-refractivity contribution in [1.82, 2.24) is 14.9 Å². The molecule has 2 N–H and O–H groups in total. The Morgan fingerprint density at radius 3 is 2.57 bits per heavy atom. The Morgan fingerprint density at radius 2 is 1.90 bits per heavy atom. The van der Waals surface area contributed by atoms with E-state index in [1.54, 1.807) is 18.2 Å². The molecule has 3 aromatic rings. The number of hydrogen-bond donors (Lipinski definition) is 2. The molecule has 4 rings (SSSR count). The quantitative estimate of drug-likeness (QED) is 0.685. The fraction of sp³-hybridized carbons (Fsp3) is 0.348. The van der Waals surface area contributed by atoms with E-state index in [4.69, 9.17) is 4.74 Å². The van der Waals surface area contributed by atoms with Crippen LogP contribution in [0.4, 0.5) is 10.6 Å². The Hall–Kier alpha value is -3.19. The van der Waals surface area contributed by atoms with Crippen molar-refractivity contribution >= 4 is 22.9 Å². The van der Waals surface area contributed by atoms with E-state index < -0.39 is 0 Å². The molecule has 0 unspecified atom stereocenters. The van der Waals surface area contributed by atoms with Crippen LogP contribution in [0.5, 0.6) is 5.75 Å². The molecule has 156 valence electrons. The number of urea groups is 1. The largest absolute Gasteiger partial charge is 0.494 e. The lowest BCUT2D eigenvalue weighted by Gasteiger charge is -2.37. The molecule has 0 radical (unpaired) electrons. The van der Waals surface area contributed by atoms with Crippen LogP contribution in [0.3, 0.4) is 0 Å². The maximum absolute atomic E-state index is 12.7. The molecule has 1 aromatic heterocycles. The van der Waals surface area contributed by atoms with Crippen molar-refractivity contribution in [3.63, 3.8) is 0 Å². The topological polar surface area (TPSA) is 87.6 Å². The van der Waals surface area contributed by atoms with Gasteiger partial charge >= 0.3 is 6.03 Å². The van der Waals surface area contributed by atoms with E-state index in [1.165, 1.54) is 0 Å². The summed E-state index contributed by atoms with van der Waals surface area (Å²) in [4.78, 5) is 23.7. The number of nitrogens with zero attached hydrogens (tertiary/aromatic N) is 3. The number of nitrogens with one attached hydrogen (secondary N) is 1. The number of rotatable bonds is 4. The number of carbonyl (C=O) groups excluding carboxylic acids is 1. The van der Waals surface area contributed by atoms with Gasteiger partial charge in [-0.2, -0.15) is 0 Å². The SMILES string of the molecule is COc1ccc(-c2ccccc2)c2ncc(NC(=O)N3CCC(C)(CO)CC3)nc12. The Bertz CT molecular complexity index is 1050. The molecule has 0 atom stereocenters. The minimum Gasteiger partial charge on any atom is -0.494 e. The number of methoxy groups -OCH3 is 1. The summed E-state index contributed by atoms with van der Waals surface area (Å²) in [7, 11) is 1.59. The summed E-state index contributed by atoms with van der Waals surface area (Å²) in [6, 6.07) is 13.6. The first-order valence-electron chi connectivity index (χ1n) is 10.1. The number of aliphatic hydroxyl groups excluding tert-OH is 1. The standard InChI is InChI=1S/C23H26N4O3/c1-23(15-28)10-12-27(13-11-23)22(29)26-19-14-24-20-17(16-6-4-3-5-7-16)8-9-18(30-2)21(20)25-19/h3-9,14,28H,10-13,15H2,1-2H3,(H,25,26,29). The van der Waals surface area contributed by atoms with Gasteiger partial charge in [-0.25, -0.2) is 14.8 Å². The lowest BCUT2D eigenvalue weighted by Crippen LogP contribution is -2.45. The Balaban J connectivity index is 1.60. The van der Waals surface area contributed by atoms with E-state index in [9.17, 15) is 9.90 Å². The highest BCUT2D eigenvalue weighted by Crippen LogP contribution is 2.33. The molecule has 1 aliphatic heterocycles. The monoisotopic (exact) mass is 406 g/mol. The van der Waals surface area contributed by atoms with E-state index in [0.29, 0.717) is 30.2 Å². The predicted molar refractivity (Wildman–Crippen MR) is 117 cm³/mol. The minimum atomic E-state index is -0.207. The van der Waals surface area contributed by atoms with Crippen molar-refractivity contribution in [3.8, 4) is 16.9 Å². The number of piperidine rings is 1. The second-order valence-electron chi connectivity index (χ2n) is 8.02. The fourth-order valence-electron chi connectivity index (χ4n) is 3.75. The van der Waals surface area contributed by atoms with Crippen LogP contribution in [0.15, 0.2) is 48.7 Å². The third kappa shape index (κ3) is 3.93. The lowest BCUT2D eigenvalue weighted by atomic mass is 9.81. The molecule has 2 heterocycles. The van der Waals surface area contributed by atoms with Crippen LogP contribution < -0.4 is 10.1 Å². The summed E-state index contributed by atoms with van der Waals surface area (Å²) in [5, 5.41) is 12.4. The van der Waals surface area contributed by atoms with Gasteiger partial charge < -0.3 is 14.7 Å². The fourth-order valence-corrected chi connectivity index (χ4v) is 3.75. The van der Waals surface area contributed by atoms with E-state index in [1.807, 2.05) is 49.4 Å². The zero-order chi connectivity index (χ0) is 21.1. The van der Waals surface area contributed by atoms with E-state index in [2.05, 4.69) is 15.3 Å². The average Bonchev–Trinajstić information content (AvgIpc) is 2.79.